The third-order valence-electron chi connectivity index (χ3n) is 4.26. The summed E-state index contributed by atoms with van der Waals surface area (Å²) in [5.74, 6) is 0.903. The topological polar surface area (TPSA) is 15.3 Å². The van der Waals surface area contributed by atoms with Crippen LogP contribution in [0.2, 0.25) is 0 Å². The molecule has 3 rings (SSSR count). The van der Waals surface area contributed by atoms with E-state index in [1.165, 1.54) is 61.0 Å². The Bertz CT molecular complexity index is 413. The van der Waals surface area contributed by atoms with E-state index in [-0.39, 0.29) is 0 Å². The van der Waals surface area contributed by atoms with Gasteiger partial charge in [-0.15, -0.1) is 0 Å². The monoisotopic (exact) mass is 308 g/mol. The molecule has 1 aromatic carbocycles. The minimum absolute atomic E-state index is 0.903. The summed E-state index contributed by atoms with van der Waals surface area (Å²) in [7, 11) is 0. The smallest absolute Gasteiger partial charge is 0.0237 e. The lowest BCUT2D eigenvalue weighted by molar-refractivity contribution is 0.191. The van der Waals surface area contributed by atoms with Gasteiger partial charge in [-0.2, -0.15) is 0 Å². The van der Waals surface area contributed by atoms with Gasteiger partial charge in [0.15, 0.2) is 0 Å². The van der Waals surface area contributed by atoms with Gasteiger partial charge in [-0.1, -0.05) is 28.1 Å². The van der Waals surface area contributed by atoms with Crippen molar-refractivity contribution in [3.05, 3.63) is 33.8 Å². The first-order chi connectivity index (χ1) is 8.83. The molecule has 0 unspecified atom stereocenters. The Morgan fingerprint density at radius 3 is 2.94 bits per heavy atom. The molecule has 2 aliphatic rings. The fraction of sp³-hybridized carbons (Fsp3) is 0.600. The molecule has 2 aliphatic heterocycles. The summed E-state index contributed by atoms with van der Waals surface area (Å²) >= 11 is 3.67. The Labute approximate surface area is 118 Å². The molecule has 1 aromatic rings. The molecule has 0 aromatic heterocycles. The molecule has 0 bridgehead atoms. The summed E-state index contributed by atoms with van der Waals surface area (Å²) in [6.45, 7) is 6.06. The third kappa shape index (κ3) is 2.79. The first kappa shape index (κ1) is 12.6. The second-order valence-electron chi connectivity index (χ2n) is 5.56. The highest BCUT2D eigenvalue weighted by atomic mass is 79.9. The zero-order valence-electron chi connectivity index (χ0n) is 10.8. The summed E-state index contributed by atoms with van der Waals surface area (Å²) in [6, 6.07) is 6.62. The molecule has 2 nitrogen and oxygen atoms in total. The van der Waals surface area contributed by atoms with Gasteiger partial charge in [0.2, 0.25) is 0 Å². The van der Waals surface area contributed by atoms with Crippen LogP contribution in [-0.2, 0) is 13.0 Å². The van der Waals surface area contributed by atoms with Crippen LogP contribution < -0.4 is 5.32 Å². The fourth-order valence-electron chi connectivity index (χ4n) is 3.21. The molecule has 0 atom stereocenters. The SMILES string of the molecule is Brc1cccc2c1CCN(CC1CCNCC1)C2. The molecule has 0 spiro atoms. The number of hydrogen-bond acceptors (Lipinski definition) is 2. The van der Waals surface area contributed by atoms with Crippen molar-refractivity contribution in [1.82, 2.24) is 10.2 Å². The molecular weight excluding hydrogens is 288 g/mol. The molecule has 1 fully saturated rings. The Morgan fingerprint density at radius 1 is 1.28 bits per heavy atom. The second-order valence-corrected chi connectivity index (χ2v) is 6.41. The van der Waals surface area contributed by atoms with Crippen LogP contribution in [0.4, 0.5) is 0 Å². The van der Waals surface area contributed by atoms with Crippen molar-refractivity contribution in [2.45, 2.75) is 25.8 Å². The summed E-state index contributed by atoms with van der Waals surface area (Å²) in [5, 5.41) is 3.45. The molecule has 18 heavy (non-hydrogen) atoms. The summed E-state index contributed by atoms with van der Waals surface area (Å²) < 4.78 is 1.29. The van der Waals surface area contributed by atoms with Gasteiger partial charge in [-0.25, -0.2) is 0 Å². The highest BCUT2D eigenvalue weighted by Gasteiger charge is 2.21. The molecule has 3 heteroatoms. The Hall–Kier alpha value is -0.380. The van der Waals surface area contributed by atoms with Gasteiger partial charge in [0.1, 0.15) is 0 Å². The van der Waals surface area contributed by atoms with Crippen LogP contribution in [0.15, 0.2) is 22.7 Å². The number of halogens is 1. The molecule has 0 aliphatic carbocycles. The van der Waals surface area contributed by atoms with Crippen molar-refractivity contribution in [2.24, 2.45) is 5.92 Å². The maximum Gasteiger partial charge on any atom is 0.0237 e. The average molecular weight is 309 g/mol. The van der Waals surface area contributed by atoms with Crippen molar-refractivity contribution in [3.8, 4) is 0 Å². The van der Waals surface area contributed by atoms with Crippen molar-refractivity contribution < 1.29 is 0 Å². The lowest BCUT2D eigenvalue weighted by Crippen LogP contribution is -2.38. The van der Waals surface area contributed by atoms with Gasteiger partial charge >= 0.3 is 0 Å². The van der Waals surface area contributed by atoms with E-state index in [0.717, 1.165) is 12.5 Å². The van der Waals surface area contributed by atoms with E-state index in [9.17, 15) is 0 Å². The third-order valence-corrected chi connectivity index (χ3v) is 5.01. The molecule has 2 heterocycles. The molecule has 98 valence electrons. The second kappa shape index (κ2) is 5.72. The lowest BCUT2D eigenvalue weighted by Gasteiger charge is -2.33. The standard InChI is InChI=1S/C15H21BrN2/c16-15-3-1-2-13-11-18(9-6-14(13)15)10-12-4-7-17-8-5-12/h1-3,12,17H,4-11H2. The largest absolute Gasteiger partial charge is 0.317 e. The molecule has 0 amide bonds. The van der Waals surface area contributed by atoms with Crippen LogP contribution in [0, 0.1) is 5.92 Å². The molecule has 1 N–H and O–H groups in total. The number of fused-ring (bicyclic) bond motifs is 1. The Kier molecular flexibility index (Phi) is 4.02. The maximum absolute atomic E-state index is 3.67. The van der Waals surface area contributed by atoms with Crippen LogP contribution >= 0.6 is 15.9 Å². The predicted molar refractivity (Wildman–Crippen MR) is 78.7 cm³/mol. The van der Waals surface area contributed by atoms with E-state index in [4.69, 9.17) is 0 Å². The number of piperidine rings is 1. The van der Waals surface area contributed by atoms with Gasteiger partial charge in [0, 0.05) is 24.1 Å². The summed E-state index contributed by atoms with van der Waals surface area (Å²) in [6.07, 6.45) is 3.89. The van der Waals surface area contributed by atoms with Gasteiger partial charge in [0.05, 0.1) is 0 Å². The highest BCUT2D eigenvalue weighted by molar-refractivity contribution is 9.10. The van der Waals surface area contributed by atoms with E-state index in [2.05, 4.69) is 44.3 Å². The number of rotatable bonds is 2. The van der Waals surface area contributed by atoms with Crippen LogP contribution in [0.1, 0.15) is 24.0 Å². The molecule has 0 saturated carbocycles. The zero-order chi connectivity index (χ0) is 12.4. The van der Waals surface area contributed by atoms with E-state index in [0.29, 0.717) is 0 Å². The van der Waals surface area contributed by atoms with Crippen molar-refractivity contribution in [1.29, 1.82) is 0 Å². The van der Waals surface area contributed by atoms with Crippen molar-refractivity contribution in [3.63, 3.8) is 0 Å². The van der Waals surface area contributed by atoms with E-state index < -0.39 is 0 Å². The van der Waals surface area contributed by atoms with Crippen LogP contribution in [-0.4, -0.2) is 31.1 Å². The number of hydrogen-bond donors (Lipinski definition) is 1. The highest BCUT2D eigenvalue weighted by Crippen LogP contribution is 2.27. The van der Waals surface area contributed by atoms with E-state index >= 15 is 0 Å². The van der Waals surface area contributed by atoms with Crippen LogP contribution in [0.25, 0.3) is 0 Å². The molecule has 0 radical (unpaired) electrons. The lowest BCUT2D eigenvalue weighted by atomic mass is 9.95. The zero-order valence-corrected chi connectivity index (χ0v) is 12.4. The van der Waals surface area contributed by atoms with Gasteiger partial charge in [0.25, 0.3) is 0 Å². The number of nitrogens with one attached hydrogen (secondary N) is 1. The van der Waals surface area contributed by atoms with Crippen LogP contribution in [0.3, 0.4) is 0 Å². The summed E-state index contributed by atoms with van der Waals surface area (Å²) in [4.78, 5) is 2.64. The predicted octanol–water partition coefficient (Wildman–Crippen LogP) is 2.81. The van der Waals surface area contributed by atoms with Gasteiger partial charge in [-0.05, 0) is 55.5 Å². The van der Waals surface area contributed by atoms with Crippen molar-refractivity contribution >= 4 is 15.9 Å². The maximum atomic E-state index is 3.67. The first-order valence-corrected chi connectivity index (χ1v) is 7.81. The van der Waals surface area contributed by atoms with Gasteiger partial charge in [-0.3, -0.25) is 4.90 Å². The molecular formula is C15H21BrN2. The Balaban J connectivity index is 1.64. The summed E-state index contributed by atoms with van der Waals surface area (Å²) in [5.41, 5.74) is 3.05. The van der Waals surface area contributed by atoms with Gasteiger partial charge < -0.3 is 5.32 Å². The first-order valence-electron chi connectivity index (χ1n) is 7.02. The van der Waals surface area contributed by atoms with E-state index in [1.807, 2.05) is 0 Å². The number of benzene rings is 1. The van der Waals surface area contributed by atoms with Crippen LogP contribution in [0.5, 0.6) is 0 Å². The fourth-order valence-corrected chi connectivity index (χ4v) is 3.81. The quantitative estimate of drug-likeness (QED) is 0.904. The Morgan fingerprint density at radius 2 is 2.11 bits per heavy atom. The minimum Gasteiger partial charge on any atom is -0.317 e. The molecule has 1 saturated heterocycles. The number of nitrogens with zero attached hydrogens (tertiary/aromatic N) is 1. The van der Waals surface area contributed by atoms with Crippen molar-refractivity contribution in [2.75, 3.05) is 26.2 Å². The minimum atomic E-state index is 0.903. The average Bonchev–Trinajstić information content (AvgIpc) is 2.40. The normalized spacial score (nSPS) is 21.8. The van der Waals surface area contributed by atoms with E-state index in [1.54, 1.807) is 0 Å².